The van der Waals surface area contributed by atoms with Gasteiger partial charge in [-0.15, -0.1) is 0 Å². The van der Waals surface area contributed by atoms with Crippen LogP contribution in [0.4, 0.5) is 0 Å². The molecule has 1 N–H and O–H groups in total. The van der Waals surface area contributed by atoms with Gasteiger partial charge in [0.1, 0.15) is 0 Å². The van der Waals surface area contributed by atoms with Gasteiger partial charge in [-0.25, -0.2) is 0 Å². The highest BCUT2D eigenvalue weighted by Gasteiger charge is 2.92. The van der Waals surface area contributed by atoms with Crippen LogP contribution in [0.3, 0.4) is 0 Å². The first-order valence-electron chi connectivity index (χ1n) is 4.94. The van der Waals surface area contributed by atoms with Gasteiger partial charge in [0.15, 0.2) is 0 Å². The molecule has 60 valence electrons. The van der Waals surface area contributed by atoms with E-state index in [1.165, 1.54) is 12.3 Å². The average molecular weight is 149 g/mol. The van der Waals surface area contributed by atoms with Gasteiger partial charge in [-0.3, -0.25) is 0 Å². The van der Waals surface area contributed by atoms with E-state index in [-0.39, 0.29) is 0 Å². The third kappa shape index (κ3) is 0.243. The second kappa shape index (κ2) is 1.10. The van der Waals surface area contributed by atoms with E-state index in [1.807, 2.05) is 0 Å². The molecule has 0 aromatic carbocycles. The predicted octanol–water partition coefficient (Wildman–Crippen LogP) is 1.25. The Morgan fingerprint density at radius 2 is 2.18 bits per heavy atom. The van der Waals surface area contributed by atoms with E-state index < -0.39 is 0 Å². The van der Waals surface area contributed by atoms with Gasteiger partial charge in [0.2, 0.25) is 0 Å². The highest BCUT2D eigenvalue weighted by molar-refractivity contribution is 5.43. The first-order valence-corrected chi connectivity index (χ1v) is 4.94. The van der Waals surface area contributed by atoms with Crippen molar-refractivity contribution < 1.29 is 0 Å². The van der Waals surface area contributed by atoms with E-state index in [9.17, 15) is 0 Å². The van der Waals surface area contributed by atoms with Gasteiger partial charge >= 0.3 is 0 Å². The highest BCUT2D eigenvalue weighted by atomic mass is 15.1. The zero-order chi connectivity index (χ0) is 7.43. The molecule has 0 amide bonds. The molecule has 4 rings (SSSR count). The minimum atomic E-state index is 0.636. The molecule has 4 aliphatic rings. The molecule has 4 fully saturated rings. The van der Waals surface area contributed by atoms with Crippen LogP contribution < -0.4 is 5.32 Å². The van der Waals surface area contributed by atoms with Crippen molar-refractivity contribution in [3.8, 4) is 0 Å². The quantitative estimate of drug-likeness (QED) is 0.591. The smallest absolute Gasteiger partial charge is 0.0272 e. The van der Waals surface area contributed by atoms with E-state index >= 15 is 0 Å². The van der Waals surface area contributed by atoms with Crippen molar-refractivity contribution in [2.45, 2.75) is 25.3 Å². The van der Waals surface area contributed by atoms with Crippen LogP contribution in [-0.2, 0) is 0 Å². The first kappa shape index (κ1) is 5.58. The summed E-state index contributed by atoms with van der Waals surface area (Å²) in [4.78, 5) is 0. The summed E-state index contributed by atoms with van der Waals surface area (Å²) in [7, 11) is 2.17. The molecule has 11 heavy (non-hydrogen) atoms. The molecule has 4 aliphatic carbocycles. The summed E-state index contributed by atoms with van der Waals surface area (Å²) in [6, 6.07) is 0. The summed E-state index contributed by atoms with van der Waals surface area (Å²) in [6.07, 6.45) is 3.07. The fourth-order valence-electron chi connectivity index (χ4n) is 5.49. The monoisotopic (exact) mass is 149 g/mol. The maximum Gasteiger partial charge on any atom is 0.0272 e. The third-order valence-corrected chi connectivity index (χ3v) is 5.98. The number of hydrogen-bond acceptors (Lipinski definition) is 1. The Labute approximate surface area is 67.6 Å². The Morgan fingerprint density at radius 1 is 1.36 bits per heavy atom. The average Bonchev–Trinajstić information content (AvgIpc) is 2.03. The van der Waals surface area contributed by atoms with Crippen molar-refractivity contribution in [1.82, 2.24) is 5.32 Å². The van der Waals surface area contributed by atoms with Crippen molar-refractivity contribution in [3.63, 3.8) is 0 Å². The lowest BCUT2D eigenvalue weighted by Crippen LogP contribution is -2.98. The van der Waals surface area contributed by atoms with Gasteiger partial charge in [0, 0.05) is 5.54 Å². The molecular weight excluding hydrogens is 134 g/mol. The Kier molecular flexibility index (Phi) is 0.558. The van der Waals surface area contributed by atoms with Crippen LogP contribution in [0.25, 0.3) is 0 Å². The molecule has 1 nitrogen and oxygen atoms in total. The number of fused-ring (bicyclic) bond motifs is 2. The van der Waals surface area contributed by atoms with Crippen molar-refractivity contribution in [3.05, 3.63) is 0 Å². The van der Waals surface area contributed by atoms with Crippen molar-refractivity contribution in [1.29, 1.82) is 0 Å². The van der Waals surface area contributed by atoms with Gasteiger partial charge < -0.3 is 5.32 Å². The summed E-state index contributed by atoms with van der Waals surface area (Å²) >= 11 is 0. The SMILES string of the molecule is CNC12CC3C4CC1C4C32C. The molecule has 1 heteroatoms. The number of nitrogens with one attached hydrogen (secondary N) is 1. The maximum absolute atomic E-state index is 3.60. The second-order valence-electron chi connectivity index (χ2n) is 5.35. The van der Waals surface area contributed by atoms with Gasteiger partial charge in [-0.2, -0.15) is 0 Å². The largest absolute Gasteiger partial charge is 0.313 e. The molecule has 6 unspecified atom stereocenters. The van der Waals surface area contributed by atoms with E-state index in [4.69, 9.17) is 0 Å². The van der Waals surface area contributed by atoms with Gasteiger partial charge in [-0.1, -0.05) is 6.92 Å². The standard InChI is InChI=1S/C10H15N/c1-9-7-4-10(9,11-2)6-3-5(7)8(6)9/h5-8,11H,3-4H2,1-2H3. The molecule has 4 saturated carbocycles. The minimum absolute atomic E-state index is 0.636. The predicted molar refractivity (Wildman–Crippen MR) is 43.1 cm³/mol. The fourth-order valence-corrected chi connectivity index (χ4v) is 5.49. The summed E-state index contributed by atoms with van der Waals surface area (Å²) in [5.41, 5.74) is 1.41. The Hall–Kier alpha value is -0.0400. The summed E-state index contributed by atoms with van der Waals surface area (Å²) in [5.74, 6) is 4.56. The Morgan fingerprint density at radius 3 is 2.55 bits per heavy atom. The Balaban J connectivity index is 1.87. The second-order valence-corrected chi connectivity index (χ2v) is 5.35. The van der Waals surface area contributed by atoms with E-state index in [0.717, 1.165) is 23.2 Å². The van der Waals surface area contributed by atoms with Crippen LogP contribution in [0.1, 0.15) is 19.8 Å². The van der Waals surface area contributed by atoms with Crippen molar-refractivity contribution in [2.24, 2.45) is 29.1 Å². The van der Waals surface area contributed by atoms with Gasteiger partial charge in [0.25, 0.3) is 0 Å². The lowest BCUT2D eigenvalue weighted by Gasteiger charge is -2.96. The topological polar surface area (TPSA) is 12.0 Å². The third-order valence-electron chi connectivity index (χ3n) is 5.98. The van der Waals surface area contributed by atoms with Crippen molar-refractivity contribution >= 4 is 0 Å². The maximum atomic E-state index is 3.60. The first-order chi connectivity index (χ1) is 5.25. The normalized spacial score (nSPS) is 80.2. The van der Waals surface area contributed by atoms with Crippen LogP contribution in [0.5, 0.6) is 0 Å². The van der Waals surface area contributed by atoms with Crippen LogP contribution in [0, 0.1) is 29.1 Å². The lowest BCUT2D eigenvalue weighted by atomic mass is 9.11. The fraction of sp³-hybridized carbons (Fsp3) is 1.00. The molecule has 0 heterocycles. The highest BCUT2D eigenvalue weighted by Crippen LogP contribution is 2.92. The van der Waals surface area contributed by atoms with E-state index in [2.05, 4.69) is 19.3 Å². The number of rotatable bonds is 1. The lowest BCUT2D eigenvalue weighted by molar-refractivity contribution is -0.450. The molecule has 0 bridgehead atoms. The molecule has 0 aromatic rings. The number of hydrogen-bond donors (Lipinski definition) is 1. The summed E-state index contributed by atoms with van der Waals surface area (Å²) < 4.78 is 0. The molecule has 6 atom stereocenters. The van der Waals surface area contributed by atoms with E-state index in [0.29, 0.717) is 5.54 Å². The molecule has 0 saturated heterocycles. The Bertz CT molecular complexity index is 254. The van der Waals surface area contributed by atoms with Crippen LogP contribution in [-0.4, -0.2) is 12.6 Å². The minimum Gasteiger partial charge on any atom is -0.313 e. The molecule has 0 spiro atoms. The summed E-state index contributed by atoms with van der Waals surface area (Å²) in [5, 5.41) is 3.60. The van der Waals surface area contributed by atoms with Crippen LogP contribution in [0.15, 0.2) is 0 Å². The molecule has 0 radical (unpaired) electrons. The van der Waals surface area contributed by atoms with Gasteiger partial charge in [0.05, 0.1) is 0 Å². The molecule has 0 aromatic heterocycles. The van der Waals surface area contributed by atoms with Crippen LogP contribution >= 0.6 is 0 Å². The zero-order valence-corrected chi connectivity index (χ0v) is 7.22. The van der Waals surface area contributed by atoms with Crippen LogP contribution in [0.2, 0.25) is 0 Å². The van der Waals surface area contributed by atoms with E-state index in [1.54, 1.807) is 6.42 Å². The summed E-state index contributed by atoms with van der Waals surface area (Å²) in [6.45, 7) is 2.52. The zero-order valence-electron chi connectivity index (χ0n) is 7.22. The van der Waals surface area contributed by atoms with Crippen molar-refractivity contribution in [2.75, 3.05) is 7.05 Å². The van der Waals surface area contributed by atoms with Gasteiger partial charge in [-0.05, 0) is 49.0 Å². The molecule has 0 aliphatic heterocycles. The molecular formula is C10H15N.